The fourth-order valence-electron chi connectivity index (χ4n) is 1.39. The molecule has 1 heterocycles. The van der Waals surface area contributed by atoms with Crippen LogP contribution in [0.4, 0.5) is 0 Å². The molecule has 1 aromatic carbocycles. The van der Waals surface area contributed by atoms with E-state index in [1.165, 1.54) is 0 Å². The van der Waals surface area contributed by atoms with Gasteiger partial charge >= 0.3 is 0 Å². The van der Waals surface area contributed by atoms with Crippen LogP contribution in [0.3, 0.4) is 0 Å². The van der Waals surface area contributed by atoms with Crippen LogP contribution in [-0.4, -0.2) is 15.7 Å². The fourth-order valence-corrected chi connectivity index (χ4v) is 2.26. The molecule has 0 saturated carbocycles. The van der Waals surface area contributed by atoms with Crippen LogP contribution in [-0.2, 0) is 0 Å². The molecular weight excluding hydrogens is 224 g/mol. The van der Waals surface area contributed by atoms with Gasteiger partial charge in [-0.1, -0.05) is 41.7 Å². The largest absolute Gasteiger partial charge is 0.426 e. The first kappa shape index (κ1) is 10.6. The van der Waals surface area contributed by atoms with Gasteiger partial charge < -0.3 is 5.21 Å². The number of carbonyl (C=O) groups excluding carboxylic acids is 1. The Kier molecular flexibility index (Phi) is 2.62. The minimum Gasteiger partial charge on any atom is -0.426 e. The van der Waals surface area contributed by atoms with Crippen molar-refractivity contribution in [3.63, 3.8) is 0 Å². The highest BCUT2D eigenvalue weighted by molar-refractivity contribution is 7.11. The van der Waals surface area contributed by atoms with Crippen molar-refractivity contribution in [3.05, 3.63) is 51.3 Å². The quantitative estimate of drug-likeness (QED) is 0.614. The summed E-state index contributed by atoms with van der Waals surface area (Å²) in [5.41, 5.74) is 0.969. The van der Waals surface area contributed by atoms with E-state index in [1.54, 1.807) is 31.2 Å². The number of nitrogens with zero attached hydrogens (tertiary/aromatic N) is 1. The maximum Gasteiger partial charge on any atom is 0.216 e. The summed E-state index contributed by atoms with van der Waals surface area (Å²) in [6.07, 6.45) is 0. The van der Waals surface area contributed by atoms with Gasteiger partial charge in [0.2, 0.25) is 10.6 Å². The van der Waals surface area contributed by atoms with E-state index in [9.17, 15) is 10.0 Å². The highest BCUT2D eigenvalue weighted by Crippen LogP contribution is 2.15. The predicted molar refractivity (Wildman–Crippen MR) is 60.0 cm³/mol. The Morgan fingerprint density at radius 3 is 2.50 bits per heavy atom. The number of nitrogens with one attached hydrogen (secondary N) is 1. The summed E-state index contributed by atoms with van der Waals surface area (Å²) in [5.74, 6) is -0.163. The number of benzene rings is 1. The normalized spacial score (nSPS) is 10.3. The maximum atomic E-state index is 12.0. The summed E-state index contributed by atoms with van der Waals surface area (Å²) in [6.45, 7) is 1.62. The first-order chi connectivity index (χ1) is 7.61. The lowest BCUT2D eigenvalue weighted by Gasteiger charge is -1.99. The minimum absolute atomic E-state index is 0.0446. The summed E-state index contributed by atoms with van der Waals surface area (Å²) >= 11 is 0.974. The number of hydrogen-bond donors (Lipinski definition) is 2. The summed E-state index contributed by atoms with van der Waals surface area (Å²) in [5, 5.41) is 16.8. The number of hydrogen-bond acceptors (Lipinski definition) is 4. The third-order valence-corrected chi connectivity index (χ3v) is 3.33. The SMILES string of the molecule is Cc1c(C(=O)c2ccccc2)sc(=N)n1O. The van der Waals surface area contributed by atoms with E-state index in [1.807, 2.05) is 6.07 Å². The number of thiazole rings is 1. The first-order valence-electron chi connectivity index (χ1n) is 4.67. The van der Waals surface area contributed by atoms with Crippen molar-refractivity contribution in [2.24, 2.45) is 0 Å². The number of rotatable bonds is 2. The second-order valence-electron chi connectivity index (χ2n) is 3.33. The summed E-state index contributed by atoms with van der Waals surface area (Å²) < 4.78 is 0.723. The van der Waals surface area contributed by atoms with Gasteiger partial charge in [-0.2, -0.15) is 4.73 Å². The van der Waals surface area contributed by atoms with Gasteiger partial charge in [-0.25, -0.2) is 0 Å². The molecule has 82 valence electrons. The lowest BCUT2D eigenvalue weighted by Crippen LogP contribution is -2.10. The van der Waals surface area contributed by atoms with E-state index in [2.05, 4.69) is 0 Å². The molecule has 0 aliphatic carbocycles. The highest BCUT2D eigenvalue weighted by atomic mass is 32.1. The molecule has 0 unspecified atom stereocenters. The molecule has 2 aromatic rings. The van der Waals surface area contributed by atoms with Crippen LogP contribution in [0.1, 0.15) is 20.9 Å². The zero-order chi connectivity index (χ0) is 11.7. The lowest BCUT2D eigenvalue weighted by atomic mass is 10.1. The van der Waals surface area contributed by atoms with Gasteiger partial charge in [0, 0.05) is 5.56 Å². The standard InChI is InChI=1S/C11H10N2O2S/c1-7-10(16-11(12)13(7)15)9(14)8-5-3-2-4-6-8/h2-6,12,15H,1H3. The summed E-state index contributed by atoms with van der Waals surface area (Å²) in [6, 6.07) is 8.83. The third-order valence-electron chi connectivity index (χ3n) is 2.28. The van der Waals surface area contributed by atoms with Crippen LogP contribution in [0.15, 0.2) is 30.3 Å². The van der Waals surface area contributed by atoms with Crippen LogP contribution < -0.4 is 4.80 Å². The molecule has 4 nitrogen and oxygen atoms in total. The molecule has 0 aliphatic heterocycles. The van der Waals surface area contributed by atoms with Crippen molar-refractivity contribution in [1.29, 1.82) is 5.41 Å². The molecule has 0 atom stereocenters. The molecule has 0 radical (unpaired) electrons. The molecular formula is C11H10N2O2S. The molecule has 5 heteroatoms. The van der Waals surface area contributed by atoms with Gasteiger partial charge in [0.15, 0.2) is 0 Å². The molecule has 16 heavy (non-hydrogen) atoms. The topological polar surface area (TPSA) is 66.1 Å². The van der Waals surface area contributed by atoms with Crippen molar-refractivity contribution in [2.45, 2.75) is 6.92 Å². The van der Waals surface area contributed by atoms with Crippen molar-refractivity contribution >= 4 is 17.1 Å². The third kappa shape index (κ3) is 1.65. The molecule has 2 rings (SSSR count). The van der Waals surface area contributed by atoms with E-state index in [0.717, 1.165) is 16.1 Å². The number of aromatic nitrogens is 1. The van der Waals surface area contributed by atoms with Crippen molar-refractivity contribution < 1.29 is 10.0 Å². The van der Waals surface area contributed by atoms with E-state index in [0.29, 0.717) is 16.1 Å². The minimum atomic E-state index is -0.163. The van der Waals surface area contributed by atoms with Crippen molar-refractivity contribution in [3.8, 4) is 0 Å². The average Bonchev–Trinajstić information content (AvgIpc) is 2.57. The van der Waals surface area contributed by atoms with Crippen LogP contribution in [0.25, 0.3) is 0 Å². The first-order valence-corrected chi connectivity index (χ1v) is 5.49. The van der Waals surface area contributed by atoms with Crippen molar-refractivity contribution in [2.75, 3.05) is 0 Å². The molecule has 2 N–H and O–H groups in total. The Bertz CT molecular complexity index is 584. The van der Waals surface area contributed by atoms with Crippen LogP contribution in [0.5, 0.6) is 0 Å². The highest BCUT2D eigenvalue weighted by Gasteiger charge is 2.17. The molecule has 1 aromatic heterocycles. The van der Waals surface area contributed by atoms with Gasteiger partial charge in [-0.3, -0.25) is 10.2 Å². The van der Waals surface area contributed by atoms with E-state index < -0.39 is 0 Å². The van der Waals surface area contributed by atoms with E-state index >= 15 is 0 Å². The fraction of sp³-hybridized carbons (Fsp3) is 0.0909. The molecule has 0 bridgehead atoms. The van der Waals surface area contributed by atoms with Gasteiger partial charge in [-0.15, -0.1) is 0 Å². The molecule has 0 saturated heterocycles. The summed E-state index contributed by atoms with van der Waals surface area (Å²) in [4.78, 5) is 12.4. The predicted octanol–water partition coefficient (Wildman–Crippen LogP) is 1.81. The van der Waals surface area contributed by atoms with Crippen LogP contribution in [0, 0.1) is 12.3 Å². The zero-order valence-corrected chi connectivity index (χ0v) is 9.41. The Balaban J connectivity index is 2.50. The Labute approximate surface area is 95.9 Å². The second kappa shape index (κ2) is 3.94. The number of ketones is 1. The maximum absolute atomic E-state index is 12.0. The Morgan fingerprint density at radius 1 is 1.38 bits per heavy atom. The van der Waals surface area contributed by atoms with Gasteiger partial charge in [0.1, 0.15) is 4.88 Å². The smallest absolute Gasteiger partial charge is 0.216 e. The van der Waals surface area contributed by atoms with E-state index in [-0.39, 0.29) is 10.6 Å². The zero-order valence-electron chi connectivity index (χ0n) is 8.60. The molecule has 0 spiro atoms. The number of carbonyl (C=O) groups is 1. The summed E-state index contributed by atoms with van der Waals surface area (Å²) in [7, 11) is 0. The van der Waals surface area contributed by atoms with Crippen LogP contribution >= 0.6 is 11.3 Å². The average molecular weight is 234 g/mol. The van der Waals surface area contributed by atoms with Gasteiger partial charge in [-0.05, 0) is 6.92 Å². The van der Waals surface area contributed by atoms with Gasteiger partial charge in [0.25, 0.3) is 0 Å². The van der Waals surface area contributed by atoms with Crippen LogP contribution in [0.2, 0.25) is 0 Å². The molecule has 0 aliphatic rings. The Morgan fingerprint density at radius 2 is 2.00 bits per heavy atom. The lowest BCUT2D eigenvalue weighted by molar-refractivity contribution is 0.103. The van der Waals surface area contributed by atoms with Gasteiger partial charge in [0.05, 0.1) is 5.69 Å². The Hall–Kier alpha value is -1.88. The second-order valence-corrected chi connectivity index (χ2v) is 4.33. The van der Waals surface area contributed by atoms with E-state index in [4.69, 9.17) is 5.41 Å². The monoisotopic (exact) mass is 234 g/mol. The molecule has 0 amide bonds. The van der Waals surface area contributed by atoms with Crippen molar-refractivity contribution in [1.82, 2.24) is 4.73 Å². The molecule has 0 fully saturated rings.